The van der Waals surface area contributed by atoms with Crippen LogP contribution in [0.1, 0.15) is 23.1 Å². The van der Waals surface area contributed by atoms with Crippen molar-refractivity contribution in [3.8, 4) is 11.5 Å². The summed E-state index contributed by atoms with van der Waals surface area (Å²) in [5, 5.41) is 1.80. The molecule has 1 unspecified atom stereocenters. The average Bonchev–Trinajstić information content (AvgIpc) is 2.88. The van der Waals surface area contributed by atoms with Gasteiger partial charge in [-0.25, -0.2) is 0 Å². The second-order valence-corrected chi connectivity index (χ2v) is 10.6. The van der Waals surface area contributed by atoms with Crippen LogP contribution < -0.4 is 20.1 Å². The molecular formula is C28H28Cl4N2O3. The molecule has 2 N–H and O–H groups in total. The van der Waals surface area contributed by atoms with Crippen molar-refractivity contribution in [1.29, 1.82) is 0 Å². The molecule has 0 radical (unpaired) electrons. The number of fused-ring (bicyclic) bond motifs is 1. The number of hydrogen-bond acceptors (Lipinski definition) is 4. The van der Waals surface area contributed by atoms with Crippen molar-refractivity contribution >= 4 is 58.0 Å². The minimum absolute atomic E-state index is 0.0430. The van der Waals surface area contributed by atoms with Gasteiger partial charge in [0.25, 0.3) is 0 Å². The number of hydrogen-bond donors (Lipinski definition) is 1. The Morgan fingerprint density at radius 2 is 1.65 bits per heavy atom. The molecule has 9 heteroatoms. The number of halogens is 4. The van der Waals surface area contributed by atoms with Crippen molar-refractivity contribution in [3.63, 3.8) is 0 Å². The monoisotopic (exact) mass is 580 g/mol. The van der Waals surface area contributed by atoms with Gasteiger partial charge >= 0.3 is 0 Å². The van der Waals surface area contributed by atoms with Gasteiger partial charge in [-0.3, -0.25) is 4.79 Å². The van der Waals surface area contributed by atoms with E-state index in [9.17, 15) is 4.79 Å². The molecule has 1 amide bonds. The largest absolute Gasteiger partial charge is 0.490 e. The van der Waals surface area contributed by atoms with Crippen LogP contribution in [-0.4, -0.2) is 32.2 Å². The van der Waals surface area contributed by atoms with Crippen molar-refractivity contribution in [2.75, 3.05) is 31.2 Å². The predicted molar refractivity (Wildman–Crippen MR) is 152 cm³/mol. The normalized spacial score (nSPS) is 13.7. The minimum atomic E-state index is -0.384. The lowest BCUT2D eigenvalue weighted by molar-refractivity contribution is -0.122. The second-order valence-electron chi connectivity index (χ2n) is 9.00. The van der Waals surface area contributed by atoms with E-state index in [1.54, 1.807) is 23.1 Å². The molecule has 3 aromatic rings. The molecule has 4 rings (SSSR count). The van der Waals surface area contributed by atoms with Crippen molar-refractivity contribution in [2.24, 2.45) is 11.7 Å². The number of rotatable bonds is 9. The highest BCUT2D eigenvalue weighted by molar-refractivity contribution is 6.44. The minimum Gasteiger partial charge on any atom is -0.490 e. The van der Waals surface area contributed by atoms with Crippen LogP contribution in [0.3, 0.4) is 0 Å². The maximum Gasteiger partial charge on any atom is 0.231 e. The Balaban J connectivity index is 1.34. The van der Waals surface area contributed by atoms with Gasteiger partial charge in [0.1, 0.15) is 19.0 Å². The molecule has 0 fully saturated rings. The Labute approximate surface area is 237 Å². The van der Waals surface area contributed by atoms with E-state index >= 15 is 0 Å². The summed E-state index contributed by atoms with van der Waals surface area (Å²) in [4.78, 5) is 15.2. The third-order valence-electron chi connectivity index (χ3n) is 6.30. The molecule has 5 nitrogen and oxygen atoms in total. The van der Waals surface area contributed by atoms with Gasteiger partial charge in [0, 0.05) is 13.1 Å². The molecule has 0 aromatic heterocycles. The summed E-state index contributed by atoms with van der Waals surface area (Å²) < 4.78 is 11.5. The lowest BCUT2D eigenvalue weighted by atomic mass is 9.95. The summed E-state index contributed by atoms with van der Waals surface area (Å²) in [5.74, 6) is 0.712. The first-order chi connectivity index (χ1) is 17.8. The van der Waals surface area contributed by atoms with Crippen LogP contribution in [0.15, 0.2) is 48.5 Å². The number of carbonyl (C=O) groups is 1. The van der Waals surface area contributed by atoms with Crippen LogP contribution in [0.5, 0.6) is 11.5 Å². The Kier molecular flexibility index (Phi) is 9.49. The zero-order valence-electron chi connectivity index (χ0n) is 20.4. The van der Waals surface area contributed by atoms with Crippen molar-refractivity contribution in [1.82, 2.24) is 0 Å². The Hall–Kier alpha value is -2.15. The first-order valence-corrected chi connectivity index (χ1v) is 13.6. The topological polar surface area (TPSA) is 64.8 Å². The van der Waals surface area contributed by atoms with Crippen LogP contribution in [0.2, 0.25) is 20.1 Å². The molecule has 0 saturated heterocycles. The maximum atomic E-state index is 13.5. The van der Waals surface area contributed by atoms with E-state index in [0.717, 1.165) is 29.5 Å². The molecule has 37 heavy (non-hydrogen) atoms. The van der Waals surface area contributed by atoms with Gasteiger partial charge in [0.15, 0.2) is 5.75 Å². The first kappa shape index (κ1) is 27.9. The van der Waals surface area contributed by atoms with E-state index in [4.69, 9.17) is 61.6 Å². The highest BCUT2D eigenvalue weighted by Gasteiger charge is 2.30. The molecule has 1 atom stereocenters. The van der Waals surface area contributed by atoms with Gasteiger partial charge in [-0.2, -0.15) is 0 Å². The zero-order valence-corrected chi connectivity index (χ0v) is 23.4. The first-order valence-electron chi connectivity index (χ1n) is 12.1. The van der Waals surface area contributed by atoms with Crippen LogP contribution in [-0.2, 0) is 17.6 Å². The lowest BCUT2D eigenvalue weighted by Crippen LogP contribution is -2.43. The number of carbonyl (C=O) groups excluding carboxylic acids is 1. The average molecular weight is 582 g/mol. The van der Waals surface area contributed by atoms with Crippen molar-refractivity contribution in [2.45, 2.75) is 26.2 Å². The van der Waals surface area contributed by atoms with Gasteiger partial charge in [0.2, 0.25) is 5.91 Å². The number of amides is 1. The number of benzene rings is 3. The van der Waals surface area contributed by atoms with E-state index in [2.05, 4.69) is 0 Å². The highest BCUT2D eigenvalue weighted by Crippen LogP contribution is 2.39. The maximum absolute atomic E-state index is 13.5. The van der Waals surface area contributed by atoms with E-state index in [-0.39, 0.29) is 25.0 Å². The smallest absolute Gasteiger partial charge is 0.231 e. The molecular weight excluding hydrogens is 554 g/mol. The molecule has 3 aromatic carbocycles. The number of aryl methyl sites for hydroxylation is 2. The number of ether oxygens (including phenoxy) is 2. The summed E-state index contributed by atoms with van der Waals surface area (Å²) >= 11 is 25.2. The summed E-state index contributed by atoms with van der Waals surface area (Å²) in [5.41, 5.74) is 9.73. The Morgan fingerprint density at radius 3 is 2.32 bits per heavy atom. The van der Waals surface area contributed by atoms with Crippen LogP contribution >= 0.6 is 46.4 Å². The van der Waals surface area contributed by atoms with Gasteiger partial charge in [-0.05, 0) is 73.2 Å². The lowest BCUT2D eigenvalue weighted by Gasteiger charge is -2.33. The third-order valence-corrected chi connectivity index (χ3v) is 7.65. The molecule has 1 aliphatic heterocycles. The van der Waals surface area contributed by atoms with Gasteiger partial charge in [-0.1, -0.05) is 64.6 Å². The Morgan fingerprint density at radius 1 is 0.973 bits per heavy atom. The standard InChI is InChI=1S/C28H28Cl4N2O3/c1-17-13-23(30)27(24(31)14-17)37-12-11-36-21-7-4-18(5-8-21)15-20(16-33)28(35)34-10-2-3-19-6-9-22(29)25(32)26(19)34/h4-9,13-14,20H,2-3,10-12,15-16,33H2,1H3. The quantitative estimate of drug-likeness (QED) is 0.272. The van der Waals surface area contributed by atoms with Crippen LogP contribution in [0.25, 0.3) is 0 Å². The number of nitrogens with zero attached hydrogens (tertiary/aromatic N) is 1. The fourth-order valence-corrected chi connectivity index (χ4v) is 5.60. The third kappa shape index (κ3) is 6.65. The fraction of sp³-hybridized carbons (Fsp3) is 0.321. The van der Waals surface area contributed by atoms with E-state index in [1.165, 1.54) is 0 Å². The van der Waals surface area contributed by atoms with E-state index in [0.29, 0.717) is 56.8 Å². The van der Waals surface area contributed by atoms with Crippen molar-refractivity contribution in [3.05, 3.63) is 85.3 Å². The summed E-state index contributed by atoms with van der Waals surface area (Å²) in [6.07, 6.45) is 2.24. The highest BCUT2D eigenvalue weighted by atomic mass is 35.5. The zero-order chi connectivity index (χ0) is 26.5. The van der Waals surface area contributed by atoms with E-state index < -0.39 is 0 Å². The molecule has 196 valence electrons. The molecule has 0 aliphatic carbocycles. The number of anilines is 1. The van der Waals surface area contributed by atoms with Crippen LogP contribution in [0.4, 0.5) is 5.69 Å². The Bertz CT molecular complexity index is 1240. The molecule has 1 heterocycles. The summed E-state index contributed by atoms with van der Waals surface area (Å²) in [6, 6.07) is 14.9. The van der Waals surface area contributed by atoms with Gasteiger partial charge < -0.3 is 20.1 Å². The molecule has 0 saturated carbocycles. The van der Waals surface area contributed by atoms with E-state index in [1.807, 2.05) is 37.3 Å². The predicted octanol–water partition coefficient (Wildman–Crippen LogP) is 7.16. The summed E-state index contributed by atoms with van der Waals surface area (Å²) in [7, 11) is 0. The molecule has 1 aliphatic rings. The molecule has 0 spiro atoms. The second kappa shape index (κ2) is 12.6. The fourth-order valence-electron chi connectivity index (χ4n) is 4.46. The summed E-state index contributed by atoms with van der Waals surface area (Å²) in [6.45, 7) is 3.34. The number of nitrogens with two attached hydrogens (primary N) is 1. The van der Waals surface area contributed by atoms with Crippen molar-refractivity contribution < 1.29 is 14.3 Å². The van der Waals surface area contributed by atoms with Gasteiger partial charge in [-0.15, -0.1) is 0 Å². The molecule has 0 bridgehead atoms. The SMILES string of the molecule is Cc1cc(Cl)c(OCCOc2ccc(CC(CN)C(=O)N3CCCc4ccc(Cl)c(Cl)c43)cc2)c(Cl)c1. The van der Waals surface area contributed by atoms with Crippen LogP contribution in [0, 0.1) is 12.8 Å². The van der Waals surface area contributed by atoms with Gasteiger partial charge in [0.05, 0.1) is 31.7 Å².